The van der Waals surface area contributed by atoms with E-state index in [2.05, 4.69) is 29.9 Å². The van der Waals surface area contributed by atoms with E-state index in [1.165, 1.54) is 52.3 Å². The average molecular weight is 670 g/mol. The minimum atomic E-state index is -5.08. The topological polar surface area (TPSA) is 190 Å². The Labute approximate surface area is 261 Å². The Morgan fingerprint density at radius 2 is 1.57 bits per heavy atom. The van der Waals surface area contributed by atoms with E-state index in [1.54, 1.807) is 30.6 Å². The van der Waals surface area contributed by atoms with Crippen molar-refractivity contribution >= 4 is 21.9 Å². The maximum Gasteiger partial charge on any atom is 0.490 e. The lowest BCUT2D eigenvalue weighted by molar-refractivity contribution is -0.192. The number of carboxylic acid groups (broad SMARTS) is 1. The highest BCUT2D eigenvalue weighted by Crippen LogP contribution is 2.38. The number of carboxylic acids is 1. The molecule has 19 heteroatoms. The molecule has 0 aliphatic rings. The summed E-state index contributed by atoms with van der Waals surface area (Å²) in [7, 11) is 1.73. The molecule has 248 valence electrons. The minimum Gasteiger partial charge on any atom is -0.494 e. The Balaban J connectivity index is 0.000000738. The molecule has 3 aromatic heterocycles. The van der Waals surface area contributed by atoms with Crippen molar-refractivity contribution in [1.29, 1.82) is 0 Å². The van der Waals surface area contributed by atoms with Crippen molar-refractivity contribution in [2.75, 3.05) is 33.2 Å². The molecular formula is C27H30F3N7O8S. The molecule has 2 atom stereocenters. The molecule has 0 aliphatic heterocycles. The largest absolute Gasteiger partial charge is 0.494 e. The molecule has 1 aromatic carbocycles. The van der Waals surface area contributed by atoms with Crippen molar-refractivity contribution in [3.8, 4) is 34.3 Å². The highest BCUT2D eigenvalue weighted by atomic mass is 32.2. The molecule has 0 amide bonds. The Hall–Kier alpha value is -5.04. The fourth-order valence-corrected chi connectivity index (χ4v) is 5.08. The number of methoxy groups -OCH3 is 4. The van der Waals surface area contributed by atoms with Crippen LogP contribution < -0.4 is 18.9 Å². The second-order valence-electron chi connectivity index (χ2n) is 9.24. The molecule has 0 saturated heterocycles. The van der Waals surface area contributed by atoms with Gasteiger partial charge in [-0.15, -0.1) is 10.2 Å². The van der Waals surface area contributed by atoms with Gasteiger partial charge >= 0.3 is 12.1 Å². The highest BCUT2D eigenvalue weighted by Gasteiger charge is 2.38. The number of nitrogens with one attached hydrogen (secondary N) is 1. The van der Waals surface area contributed by atoms with Gasteiger partial charge in [-0.3, -0.25) is 14.3 Å². The number of nitrogens with zero attached hydrogens (tertiary/aromatic N) is 6. The minimum absolute atomic E-state index is 0.0911. The van der Waals surface area contributed by atoms with Crippen LogP contribution in [0.25, 0.3) is 17.1 Å². The van der Waals surface area contributed by atoms with E-state index in [-0.39, 0.29) is 11.8 Å². The van der Waals surface area contributed by atoms with Crippen molar-refractivity contribution in [2.45, 2.75) is 31.4 Å². The Morgan fingerprint density at radius 1 is 0.978 bits per heavy atom. The number of sulfonamides is 1. The monoisotopic (exact) mass is 669 g/mol. The Kier molecular flexibility index (Phi) is 11.4. The van der Waals surface area contributed by atoms with E-state index in [9.17, 15) is 21.6 Å². The number of benzene rings is 1. The standard InChI is InChI=1S/C25H29N7O6S.C2HF3O2/c1-15-10-17(12-26-11-15)24-29-30-25(32(24)21-19(36-4)8-7-9-20(21)37-5)31-39(33,34)16(2)22(38-6)23-27-13-18(35-3)14-28-23;3-2(4,5)1(6)7/h7-14,16,22H,1-6H3,(H,30,31);(H,6,7)/t16-,22+;/m1./s1. The van der Waals surface area contributed by atoms with Crippen molar-refractivity contribution in [1.82, 2.24) is 29.7 Å². The molecule has 0 bridgehead atoms. The summed E-state index contributed by atoms with van der Waals surface area (Å²) >= 11 is 0. The van der Waals surface area contributed by atoms with Gasteiger partial charge in [-0.2, -0.15) is 13.2 Å². The fraction of sp³-hybridized carbons (Fsp3) is 0.333. The summed E-state index contributed by atoms with van der Waals surface area (Å²) in [5.41, 5.74) is 1.89. The first-order valence-electron chi connectivity index (χ1n) is 13.0. The number of carbonyl (C=O) groups is 1. The summed E-state index contributed by atoms with van der Waals surface area (Å²) in [5.74, 6) is -1.10. The highest BCUT2D eigenvalue weighted by molar-refractivity contribution is 7.93. The van der Waals surface area contributed by atoms with Crippen molar-refractivity contribution < 1.29 is 50.4 Å². The predicted octanol–water partition coefficient (Wildman–Crippen LogP) is 3.60. The van der Waals surface area contributed by atoms with Crippen molar-refractivity contribution in [3.05, 3.63) is 60.4 Å². The first-order chi connectivity index (χ1) is 21.7. The third-order valence-corrected chi connectivity index (χ3v) is 7.90. The Morgan fingerprint density at radius 3 is 2.04 bits per heavy atom. The van der Waals surface area contributed by atoms with E-state index < -0.39 is 33.5 Å². The third kappa shape index (κ3) is 8.16. The van der Waals surface area contributed by atoms with Crippen LogP contribution in [-0.2, 0) is 19.6 Å². The number of aliphatic carboxylic acids is 1. The quantitative estimate of drug-likeness (QED) is 0.236. The third-order valence-electron chi connectivity index (χ3n) is 6.21. The van der Waals surface area contributed by atoms with Crippen LogP contribution >= 0.6 is 0 Å². The van der Waals surface area contributed by atoms with Gasteiger partial charge in [0.2, 0.25) is 16.0 Å². The molecule has 3 heterocycles. The van der Waals surface area contributed by atoms with Gasteiger partial charge in [-0.25, -0.2) is 23.2 Å². The van der Waals surface area contributed by atoms with Crippen LogP contribution in [0.1, 0.15) is 24.4 Å². The van der Waals surface area contributed by atoms with Crippen LogP contribution in [0.15, 0.2) is 49.1 Å². The number of hydrogen-bond donors (Lipinski definition) is 2. The maximum atomic E-state index is 13.7. The lowest BCUT2D eigenvalue weighted by Crippen LogP contribution is -2.33. The number of ether oxygens (including phenoxy) is 4. The number of aromatic nitrogens is 6. The van der Waals surface area contributed by atoms with Crippen LogP contribution in [0.5, 0.6) is 17.2 Å². The number of halogens is 3. The zero-order valence-electron chi connectivity index (χ0n) is 25.3. The van der Waals surface area contributed by atoms with Crippen LogP contribution in [0.4, 0.5) is 19.1 Å². The number of rotatable bonds is 11. The molecule has 0 spiro atoms. The zero-order chi connectivity index (χ0) is 34.2. The van der Waals surface area contributed by atoms with Crippen LogP contribution in [0.2, 0.25) is 0 Å². The lowest BCUT2D eigenvalue weighted by Gasteiger charge is -2.23. The van der Waals surface area contributed by atoms with Gasteiger partial charge in [-0.05, 0) is 37.6 Å². The number of hydrogen-bond acceptors (Lipinski definition) is 12. The van der Waals surface area contributed by atoms with Gasteiger partial charge in [0, 0.05) is 25.1 Å². The van der Waals surface area contributed by atoms with Crippen LogP contribution in [0, 0.1) is 6.92 Å². The van der Waals surface area contributed by atoms with Crippen LogP contribution in [0.3, 0.4) is 0 Å². The molecule has 2 N–H and O–H groups in total. The summed E-state index contributed by atoms with van der Waals surface area (Å²) in [5, 5.41) is 14.5. The van der Waals surface area contributed by atoms with Gasteiger partial charge in [0.05, 0.1) is 33.7 Å². The predicted molar refractivity (Wildman–Crippen MR) is 156 cm³/mol. The van der Waals surface area contributed by atoms with Gasteiger partial charge < -0.3 is 24.1 Å². The molecule has 15 nitrogen and oxygen atoms in total. The molecular weight excluding hydrogens is 639 g/mol. The lowest BCUT2D eigenvalue weighted by atomic mass is 10.2. The zero-order valence-corrected chi connectivity index (χ0v) is 26.1. The van der Waals surface area contributed by atoms with E-state index in [1.807, 2.05) is 13.0 Å². The van der Waals surface area contributed by atoms with E-state index in [0.717, 1.165) is 5.56 Å². The van der Waals surface area contributed by atoms with E-state index >= 15 is 0 Å². The molecule has 0 fully saturated rings. The molecule has 46 heavy (non-hydrogen) atoms. The number of anilines is 1. The molecule has 4 rings (SSSR count). The Bertz CT molecular complexity index is 1730. The number of aryl methyl sites for hydroxylation is 1. The van der Waals surface area contributed by atoms with E-state index in [0.29, 0.717) is 34.3 Å². The van der Waals surface area contributed by atoms with Crippen LogP contribution in [-0.4, -0.2) is 89.1 Å². The van der Waals surface area contributed by atoms with Crippen molar-refractivity contribution in [2.24, 2.45) is 0 Å². The molecule has 0 aliphatic carbocycles. The summed E-state index contributed by atoms with van der Waals surface area (Å²) in [4.78, 5) is 21.5. The fourth-order valence-electron chi connectivity index (χ4n) is 3.95. The SMILES string of the molecule is COc1cnc([C@@H](OC)[C@@H](C)S(=O)(=O)Nc2nnc(-c3cncc(C)c3)n2-c2c(OC)cccc2OC)nc1.O=C(O)C(F)(F)F. The smallest absolute Gasteiger partial charge is 0.490 e. The van der Waals surface area contributed by atoms with E-state index in [4.69, 9.17) is 28.8 Å². The molecule has 0 unspecified atom stereocenters. The number of para-hydroxylation sites is 1. The summed E-state index contributed by atoms with van der Waals surface area (Å²) < 4.78 is 84.9. The number of alkyl halides is 3. The maximum absolute atomic E-state index is 13.7. The van der Waals surface area contributed by atoms with Crippen molar-refractivity contribution in [3.63, 3.8) is 0 Å². The second kappa shape index (κ2) is 14.8. The first kappa shape index (κ1) is 35.4. The molecule has 0 radical (unpaired) electrons. The summed E-state index contributed by atoms with van der Waals surface area (Å²) in [6.07, 6.45) is 0.108. The van der Waals surface area contributed by atoms with Gasteiger partial charge in [0.25, 0.3) is 0 Å². The summed E-state index contributed by atoms with van der Waals surface area (Å²) in [6, 6.07) is 7.06. The average Bonchev–Trinajstić information content (AvgIpc) is 3.43. The normalized spacial score (nSPS) is 12.7. The second-order valence-corrected chi connectivity index (χ2v) is 11.3. The van der Waals surface area contributed by atoms with Gasteiger partial charge in [0.1, 0.15) is 28.5 Å². The molecule has 0 saturated carbocycles. The number of pyridine rings is 1. The first-order valence-corrected chi connectivity index (χ1v) is 14.5. The van der Waals surface area contributed by atoms with Gasteiger partial charge in [-0.1, -0.05) is 6.07 Å². The van der Waals surface area contributed by atoms with Gasteiger partial charge in [0.15, 0.2) is 17.4 Å². The summed E-state index contributed by atoms with van der Waals surface area (Å²) in [6.45, 7) is 3.37. The molecule has 4 aromatic rings.